The standard InChI is InChI=1S/C33H57N3O4Si2/c1-22(2)32(10,11)33(12,40-41-13)27-24(16-17-38-42(14,15)31(7,8)9)18-25-19-26-21-35(29(37)39-30(4,5)6)20-23(3)36(26)28(25)34-27/h16-18,22-23,26H,19-21H2,1-15H3/t23-,26-,33?/m1/s1. The zero-order valence-electron chi connectivity index (χ0n) is 29.1. The molecule has 1 amide bonds. The van der Waals surface area contributed by atoms with Gasteiger partial charge in [-0.3, -0.25) is 0 Å². The van der Waals surface area contributed by atoms with E-state index in [1.54, 1.807) is 0 Å². The first kappa shape index (κ1) is 34.6. The Hall–Kier alpha value is -1.85. The second-order valence-corrected chi connectivity index (χ2v) is 21.2. The Bertz CT molecular complexity index is 1170. The number of amides is 1. The van der Waals surface area contributed by atoms with Crippen LogP contribution in [0, 0.1) is 11.3 Å². The van der Waals surface area contributed by atoms with Crippen molar-refractivity contribution in [1.82, 2.24) is 9.88 Å². The van der Waals surface area contributed by atoms with Gasteiger partial charge in [-0.1, -0.05) is 48.5 Å². The van der Waals surface area contributed by atoms with Gasteiger partial charge in [0.05, 0.1) is 18.0 Å². The van der Waals surface area contributed by atoms with Gasteiger partial charge in [0.25, 0.3) is 0 Å². The molecular weight excluding hydrogens is 559 g/mol. The lowest BCUT2D eigenvalue weighted by Gasteiger charge is -2.47. The Balaban J connectivity index is 2.11. The fourth-order valence-electron chi connectivity index (χ4n) is 5.60. The molecule has 0 N–H and O–H groups in total. The molecule has 1 aromatic rings. The second kappa shape index (κ2) is 11.9. The first-order valence-corrected chi connectivity index (χ1v) is 19.9. The molecule has 2 aliphatic heterocycles. The van der Waals surface area contributed by atoms with Crippen molar-refractivity contribution >= 4 is 36.1 Å². The number of anilines is 1. The molecule has 3 atom stereocenters. The van der Waals surface area contributed by atoms with Crippen LogP contribution in [0.25, 0.3) is 6.08 Å². The lowest BCUT2D eigenvalue weighted by atomic mass is 9.66. The van der Waals surface area contributed by atoms with Crippen molar-refractivity contribution in [3.05, 3.63) is 29.1 Å². The number of carbonyl (C=O) groups is 1. The summed E-state index contributed by atoms with van der Waals surface area (Å²) >= 11 is 0. The van der Waals surface area contributed by atoms with Crippen molar-refractivity contribution in [2.45, 2.75) is 137 Å². The van der Waals surface area contributed by atoms with Crippen LogP contribution in [0.15, 0.2) is 12.3 Å². The predicted molar refractivity (Wildman–Crippen MR) is 177 cm³/mol. The van der Waals surface area contributed by atoms with Crippen LogP contribution in [-0.2, 0) is 25.6 Å². The summed E-state index contributed by atoms with van der Waals surface area (Å²) in [4.78, 5) is 22.8. The summed E-state index contributed by atoms with van der Waals surface area (Å²) in [5.74, 6) is 1.38. The maximum absolute atomic E-state index is 13.0. The highest BCUT2D eigenvalue weighted by Crippen LogP contribution is 2.50. The Morgan fingerprint density at radius 3 is 2.24 bits per heavy atom. The molecule has 9 heteroatoms. The SMILES string of the molecule is C[Si]OC(C)(c1nc2c(cc1C=CO[Si](C)(C)C(C)(C)C)C[C@@H]1CN(C(=O)OC(C)(C)C)C[C@@H](C)N21)C(C)(C)C(C)C. The molecule has 7 nitrogen and oxygen atoms in total. The molecule has 0 aromatic carbocycles. The smallest absolute Gasteiger partial charge is 0.410 e. The predicted octanol–water partition coefficient (Wildman–Crippen LogP) is 8.03. The summed E-state index contributed by atoms with van der Waals surface area (Å²) in [6.07, 6.45) is 4.59. The minimum absolute atomic E-state index is 0.107. The minimum atomic E-state index is -1.98. The Labute approximate surface area is 259 Å². The Morgan fingerprint density at radius 2 is 1.71 bits per heavy atom. The van der Waals surface area contributed by atoms with Gasteiger partial charge in [0, 0.05) is 30.1 Å². The zero-order valence-corrected chi connectivity index (χ0v) is 31.1. The van der Waals surface area contributed by atoms with Crippen LogP contribution in [0.1, 0.15) is 99.9 Å². The number of hydrogen-bond donors (Lipinski definition) is 0. The lowest BCUT2D eigenvalue weighted by molar-refractivity contribution is -0.0614. The van der Waals surface area contributed by atoms with Gasteiger partial charge < -0.3 is 23.4 Å². The summed E-state index contributed by atoms with van der Waals surface area (Å²) < 4.78 is 18.9. The van der Waals surface area contributed by atoms with E-state index < -0.39 is 19.5 Å². The summed E-state index contributed by atoms with van der Waals surface area (Å²) in [5, 5.41) is 0.107. The number of pyridine rings is 1. The third kappa shape index (κ3) is 6.78. The fraction of sp³-hybridized carbons (Fsp3) is 0.758. The van der Waals surface area contributed by atoms with E-state index in [2.05, 4.69) is 99.0 Å². The topological polar surface area (TPSA) is 64.1 Å². The molecule has 1 unspecified atom stereocenters. The van der Waals surface area contributed by atoms with Crippen LogP contribution in [0.5, 0.6) is 0 Å². The Morgan fingerprint density at radius 1 is 1.10 bits per heavy atom. The van der Waals surface area contributed by atoms with Crippen LogP contribution in [-0.4, -0.2) is 64.8 Å². The number of hydrogen-bond acceptors (Lipinski definition) is 6. The molecule has 0 bridgehead atoms. The number of aromatic nitrogens is 1. The minimum Gasteiger partial charge on any atom is -0.549 e. The molecule has 3 heterocycles. The lowest BCUT2D eigenvalue weighted by Crippen LogP contribution is -2.58. The normalized spacial score (nSPS) is 21.4. The van der Waals surface area contributed by atoms with Crippen LogP contribution in [0.4, 0.5) is 10.6 Å². The van der Waals surface area contributed by atoms with E-state index in [0.29, 0.717) is 28.8 Å². The van der Waals surface area contributed by atoms with Crippen LogP contribution in [0.3, 0.4) is 0 Å². The van der Waals surface area contributed by atoms with Gasteiger partial charge in [-0.25, -0.2) is 9.78 Å². The average Bonchev–Trinajstić information content (AvgIpc) is 3.19. The van der Waals surface area contributed by atoms with E-state index in [0.717, 1.165) is 23.5 Å². The van der Waals surface area contributed by atoms with Crippen molar-refractivity contribution in [3.63, 3.8) is 0 Å². The molecule has 1 saturated heterocycles. The van der Waals surface area contributed by atoms with Gasteiger partial charge in [0.1, 0.15) is 17.0 Å². The fourth-order valence-corrected chi connectivity index (χ4v) is 7.13. The third-order valence-corrected chi connectivity index (χ3v) is 15.0. The summed E-state index contributed by atoms with van der Waals surface area (Å²) in [5.41, 5.74) is 1.86. The van der Waals surface area contributed by atoms with E-state index in [9.17, 15) is 4.79 Å². The molecule has 236 valence electrons. The largest absolute Gasteiger partial charge is 0.549 e. The molecule has 0 saturated carbocycles. The molecule has 2 aliphatic rings. The third-order valence-electron chi connectivity index (χ3n) is 10.1. The summed E-state index contributed by atoms with van der Waals surface area (Å²) in [6.45, 7) is 33.9. The molecule has 3 rings (SSSR count). The molecule has 1 fully saturated rings. The monoisotopic (exact) mass is 615 g/mol. The number of carbonyl (C=O) groups excluding carboxylic acids is 1. The van der Waals surface area contributed by atoms with Gasteiger partial charge in [-0.2, -0.15) is 0 Å². The second-order valence-electron chi connectivity index (χ2n) is 15.8. The maximum atomic E-state index is 13.0. The van der Waals surface area contributed by atoms with Gasteiger partial charge in [-0.15, -0.1) is 0 Å². The summed E-state index contributed by atoms with van der Waals surface area (Å²) in [7, 11) is -1.66. The van der Waals surface area contributed by atoms with Crippen molar-refractivity contribution < 1.29 is 18.4 Å². The Kier molecular flexibility index (Phi) is 9.83. The van der Waals surface area contributed by atoms with E-state index >= 15 is 0 Å². The van der Waals surface area contributed by atoms with E-state index in [1.165, 1.54) is 5.56 Å². The summed E-state index contributed by atoms with van der Waals surface area (Å²) in [6, 6.07) is 2.56. The quantitative estimate of drug-likeness (QED) is 0.218. The van der Waals surface area contributed by atoms with Gasteiger partial charge in [0.15, 0.2) is 0 Å². The molecule has 1 aromatic heterocycles. The highest BCUT2D eigenvalue weighted by Gasteiger charge is 2.49. The number of ether oxygens (including phenoxy) is 1. The number of fused-ring (bicyclic) bond motifs is 3. The maximum Gasteiger partial charge on any atom is 0.410 e. The van der Waals surface area contributed by atoms with Crippen LogP contribution in [0.2, 0.25) is 24.7 Å². The highest BCUT2D eigenvalue weighted by molar-refractivity contribution is 6.74. The van der Waals surface area contributed by atoms with Crippen molar-refractivity contribution in [1.29, 1.82) is 0 Å². The number of piperazine rings is 1. The highest BCUT2D eigenvalue weighted by atomic mass is 28.4. The van der Waals surface area contributed by atoms with Crippen molar-refractivity contribution in [3.8, 4) is 0 Å². The first-order valence-electron chi connectivity index (χ1n) is 15.6. The zero-order chi connectivity index (χ0) is 32.1. The molecule has 2 radical (unpaired) electrons. The molecule has 42 heavy (non-hydrogen) atoms. The van der Waals surface area contributed by atoms with Gasteiger partial charge in [-0.05, 0) is 89.3 Å². The van der Waals surface area contributed by atoms with E-state index in [4.69, 9.17) is 18.6 Å². The van der Waals surface area contributed by atoms with Gasteiger partial charge >= 0.3 is 6.09 Å². The van der Waals surface area contributed by atoms with Crippen molar-refractivity contribution in [2.24, 2.45) is 11.3 Å². The van der Waals surface area contributed by atoms with E-state index in [-0.39, 0.29) is 28.6 Å². The average molecular weight is 616 g/mol. The first-order chi connectivity index (χ1) is 19.1. The number of nitrogens with zero attached hydrogens (tertiary/aromatic N) is 3. The van der Waals surface area contributed by atoms with Gasteiger partial charge in [0.2, 0.25) is 18.1 Å². The van der Waals surface area contributed by atoms with Crippen LogP contribution < -0.4 is 4.90 Å². The molecular formula is C33H57N3O4Si2. The number of rotatable bonds is 8. The molecule has 0 spiro atoms. The van der Waals surface area contributed by atoms with Crippen molar-refractivity contribution in [2.75, 3.05) is 18.0 Å². The van der Waals surface area contributed by atoms with E-state index in [1.807, 2.05) is 31.9 Å². The van der Waals surface area contributed by atoms with Crippen LogP contribution >= 0.6 is 0 Å². The molecule has 0 aliphatic carbocycles.